The van der Waals surface area contributed by atoms with Gasteiger partial charge in [-0.3, -0.25) is 4.79 Å². The topological polar surface area (TPSA) is 53.6 Å². The third-order valence-corrected chi connectivity index (χ3v) is 3.16. The van der Waals surface area contributed by atoms with E-state index >= 15 is 0 Å². The van der Waals surface area contributed by atoms with Gasteiger partial charge in [-0.05, 0) is 12.1 Å². The highest BCUT2D eigenvalue weighted by Gasteiger charge is 2.20. The van der Waals surface area contributed by atoms with E-state index in [1.54, 1.807) is 0 Å². The normalized spacial score (nSPS) is 18.9. The number of hydrogen-bond acceptors (Lipinski definition) is 4. The number of ether oxygens (including phenoxy) is 1. The molecule has 2 rings (SSSR count). The molecule has 104 valence electrons. The lowest BCUT2D eigenvalue weighted by atomic mass is 10.3. The van der Waals surface area contributed by atoms with Gasteiger partial charge in [0.2, 0.25) is 0 Å². The van der Waals surface area contributed by atoms with Crippen LogP contribution in [-0.4, -0.2) is 51.8 Å². The van der Waals surface area contributed by atoms with Gasteiger partial charge in [-0.1, -0.05) is 18.2 Å². The van der Waals surface area contributed by atoms with Crippen LogP contribution in [0.1, 0.15) is 0 Å². The minimum atomic E-state index is -0.351. The van der Waals surface area contributed by atoms with Crippen LogP contribution in [0.3, 0.4) is 0 Å². The average Bonchev–Trinajstić information content (AvgIpc) is 2.49. The zero-order chi connectivity index (χ0) is 13.5. The maximum absolute atomic E-state index is 11.8. The molecule has 1 saturated heterocycles. The minimum Gasteiger partial charge on any atom is -0.373 e. The molecule has 0 bridgehead atoms. The van der Waals surface area contributed by atoms with E-state index in [4.69, 9.17) is 4.74 Å². The van der Waals surface area contributed by atoms with Crippen molar-refractivity contribution in [2.75, 3.05) is 44.7 Å². The van der Waals surface area contributed by atoms with Crippen molar-refractivity contribution in [1.29, 1.82) is 0 Å². The van der Waals surface area contributed by atoms with Gasteiger partial charge in [-0.2, -0.15) is 0 Å². The molecule has 5 heteroatoms. The Hall–Kier alpha value is -1.59. The summed E-state index contributed by atoms with van der Waals surface area (Å²) in [5, 5.41) is 6.05. The molecule has 1 aliphatic heterocycles. The van der Waals surface area contributed by atoms with Crippen molar-refractivity contribution in [2.45, 2.75) is 6.10 Å². The van der Waals surface area contributed by atoms with E-state index in [1.807, 2.05) is 25.2 Å². The summed E-state index contributed by atoms with van der Waals surface area (Å²) >= 11 is 0. The van der Waals surface area contributed by atoms with Crippen LogP contribution in [0.25, 0.3) is 0 Å². The van der Waals surface area contributed by atoms with E-state index in [2.05, 4.69) is 27.7 Å². The molecule has 1 aromatic carbocycles. The van der Waals surface area contributed by atoms with Crippen LogP contribution in [0, 0.1) is 0 Å². The largest absolute Gasteiger partial charge is 0.373 e. The highest BCUT2D eigenvalue weighted by molar-refractivity contribution is 5.81. The first-order chi connectivity index (χ1) is 9.27. The van der Waals surface area contributed by atoms with E-state index in [9.17, 15) is 4.79 Å². The van der Waals surface area contributed by atoms with Crippen molar-refractivity contribution in [3.8, 4) is 0 Å². The van der Waals surface area contributed by atoms with E-state index in [1.165, 1.54) is 0 Å². The standard InChI is InChI=1S/C14H21N3O2/c1-17(12-5-3-2-4-6-12)9-7-16-14(18)13-11-15-8-10-19-13/h2-6,13,15H,7-11H2,1H3,(H,16,18). The molecule has 19 heavy (non-hydrogen) atoms. The smallest absolute Gasteiger partial charge is 0.250 e. The van der Waals surface area contributed by atoms with Crippen LogP contribution in [-0.2, 0) is 9.53 Å². The summed E-state index contributed by atoms with van der Waals surface area (Å²) in [7, 11) is 2.01. The fraction of sp³-hybridized carbons (Fsp3) is 0.500. The second-order valence-electron chi connectivity index (χ2n) is 4.61. The molecule has 0 radical (unpaired) electrons. The Morgan fingerprint density at radius 3 is 2.95 bits per heavy atom. The molecule has 0 aromatic heterocycles. The van der Waals surface area contributed by atoms with Gasteiger partial charge in [-0.25, -0.2) is 0 Å². The summed E-state index contributed by atoms with van der Waals surface area (Å²) in [5.74, 6) is -0.0336. The molecule has 5 nitrogen and oxygen atoms in total. The number of morpholine rings is 1. The zero-order valence-corrected chi connectivity index (χ0v) is 11.3. The van der Waals surface area contributed by atoms with Gasteiger partial charge in [0, 0.05) is 38.9 Å². The van der Waals surface area contributed by atoms with E-state index < -0.39 is 0 Å². The van der Waals surface area contributed by atoms with E-state index in [0.717, 1.165) is 18.8 Å². The number of amides is 1. The number of rotatable bonds is 5. The van der Waals surface area contributed by atoms with Crippen molar-refractivity contribution in [3.63, 3.8) is 0 Å². The third-order valence-electron chi connectivity index (χ3n) is 3.16. The number of benzene rings is 1. The number of carbonyl (C=O) groups is 1. The Bertz CT molecular complexity index is 391. The third kappa shape index (κ3) is 4.22. The Morgan fingerprint density at radius 2 is 2.26 bits per heavy atom. The fourth-order valence-electron chi connectivity index (χ4n) is 2.01. The van der Waals surface area contributed by atoms with Gasteiger partial charge >= 0.3 is 0 Å². The first-order valence-electron chi connectivity index (χ1n) is 6.63. The van der Waals surface area contributed by atoms with Gasteiger partial charge in [0.1, 0.15) is 6.10 Å². The minimum absolute atomic E-state index is 0.0336. The van der Waals surface area contributed by atoms with Gasteiger partial charge in [0.15, 0.2) is 0 Å². The van der Waals surface area contributed by atoms with Crippen LogP contribution in [0.4, 0.5) is 5.69 Å². The number of nitrogens with one attached hydrogen (secondary N) is 2. The molecule has 1 atom stereocenters. The Morgan fingerprint density at radius 1 is 1.47 bits per heavy atom. The van der Waals surface area contributed by atoms with Crippen LogP contribution in [0.15, 0.2) is 30.3 Å². The number of carbonyl (C=O) groups excluding carboxylic acids is 1. The van der Waals surface area contributed by atoms with Crippen LogP contribution < -0.4 is 15.5 Å². The van der Waals surface area contributed by atoms with Gasteiger partial charge in [0.25, 0.3) is 5.91 Å². The van der Waals surface area contributed by atoms with Gasteiger partial charge in [0.05, 0.1) is 6.61 Å². The quantitative estimate of drug-likeness (QED) is 0.798. The summed E-state index contributed by atoms with van der Waals surface area (Å²) < 4.78 is 5.39. The number of para-hydroxylation sites is 1. The number of likely N-dealkylation sites (N-methyl/N-ethyl adjacent to an activating group) is 1. The first kappa shape index (κ1) is 13.8. The maximum atomic E-state index is 11.8. The Labute approximate surface area is 113 Å². The predicted molar refractivity (Wildman–Crippen MR) is 75.3 cm³/mol. The molecule has 0 spiro atoms. The van der Waals surface area contributed by atoms with Crippen molar-refractivity contribution in [1.82, 2.24) is 10.6 Å². The summed E-state index contributed by atoms with van der Waals surface area (Å²) in [6.07, 6.45) is -0.351. The molecule has 0 aliphatic carbocycles. The number of hydrogen-bond donors (Lipinski definition) is 2. The Balaban J connectivity index is 1.69. The number of nitrogens with zero attached hydrogens (tertiary/aromatic N) is 1. The van der Waals surface area contributed by atoms with Crippen LogP contribution in [0.2, 0.25) is 0 Å². The second-order valence-corrected chi connectivity index (χ2v) is 4.61. The summed E-state index contributed by atoms with van der Waals surface area (Å²) in [4.78, 5) is 13.9. The Kier molecular flexibility index (Phi) is 5.18. The lowest BCUT2D eigenvalue weighted by Crippen LogP contribution is -2.48. The van der Waals surface area contributed by atoms with E-state index in [-0.39, 0.29) is 12.0 Å². The highest BCUT2D eigenvalue weighted by atomic mass is 16.5. The van der Waals surface area contributed by atoms with E-state index in [0.29, 0.717) is 19.7 Å². The molecule has 1 fully saturated rings. The van der Waals surface area contributed by atoms with Crippen molar-refractivity contribution >= 4 is 11.6 Å². The molecule has 1 unspecified atom stereocenters. The van der Waals surface area contributed by atoms with Crippen LogP contribution >= 0.6 is 0 Å². The maximum Gasteiger partial charge on any atom is 0.250 e. The van der Waals surface area contributed by atoms with Crippen LogP contribution in [0.5, 0.6) is 0 Å². The molecule has 1 aromatic rings. The first-order valence-corrected chi connectivity index (χ1v) is 6.63. The SMILES string of the molecule is CN(CCNC(=O)C1CNCCO1)c1ccccc1. The molecular formula is C14H21N3O2. The van der Waals surface area contributed by atoms with Crippen molar-refractivity contribution < 1.29 is 9.53 Å². The molecule has 1 heterocycles. The molecular weight excluding hydrogens is 242 g/mol. The van der Waals surface area contributed by atoms with Gasteiger partial charge < -0.3 is 20.3 Å². The fourth-order valence-corrected chi connectivity index (χ4v) is 2.01. The molecule has 1 amide bonds. The molecule has 2 N–H and O–H groups in total. The zero-order valence-electron chi connectivity index (χ0n) is 11.3. The number of anilines is 1. The van der Waals surface area contributed by atoms with Crippen molar-refractivity contribution in [3.05, 3.63) is 30.3 Å². The molecule has 1 aliphatic rings. The second kappa shape index (κ2) is 7.11. The average molecular weight is 263 g/mol. The van der Waals surface area contributed by atoms with Gasteiger partial charge in [-0.15, -0.1) is 0 Å². The summed E-state index contributed by atoms with van der Waals surface area (Å²) in [6.45, 7) is 3.41. The summed E-state index contributed by atoms with van der Waals surface area (Å²) in [5.41, 5.74) is 1.15. The lowest BCUT2D eigenvalue weighted by Gasteiger charge is -2.24. The molecule has 0 saturated carbocycles. The predicted octanol–water partition coefficient (Wildman–Crippen LogP) is 0.227. The summed E-state index contributed by atoms with van der Waals surface area (Å²) in [6, 6.07) is 10.1. The monoisotopic (exact) mass is 263 g/mol. The lowest BCUT2D eigenvalue weighted by molar-refractivity contribution is -0.134. The highest BCUT2D eigenvalue weighted by Crippen LogP contribution is 2.09. The van der Waals surface area contributed by atoms with Crippen molar-refractivity contribution in [2.24, 2.45) is 0 Å².